The maximum atomic E-state index is 9.15. The lowest BCUT2D eigenvalue weighted by atomic mass is 10.2. The van der Waals surface area contributed by atoms with Crippen LogP contribution in [0.15, 0.2) is 57.7 Å². The number of fused-ring (bicyclic) bond motifs is 1. The summed E-state index contributed by atoms with van der Waals surface area (Å²) in [5, 5.41) is 14.8. The predicted molar refractivity (Wildman–Crippen MR) is 79.0 cm³/mol. The van der Waals surface area contributed by atoms with E-state index in [1.807, 2.05) is 35.0 Å². The van der Waals surface area contributed by atoms with Crippen molar-refractivity contribution in [1.29, 1.82) is 0 Å². The molecule has 4 rings (SSSR count). The number of para-hydroxylation sites is 1. The van der Waals surface area contributed by atoms with Gasteiger partial charge >= 0.3 is 0 Å². The molecular weight excluding hydrogens is 282 g/mol. The maximum Gasteiger partial charge on any atom is 0.215 e. The van der Waals surface area contributed by atoms with Crippen molar-refractivity contribution in [2.75, 3.05) is 0 Å². The van der Waals surface area contributed by atoms with Gasteiger partial charge in [0.1, 0.15) is 30.9 Å². The van der Waals surface area contributed by atoms with Gasteiger partial charge in [-0.25, -0.2) is 4.98 Å². The Morgan fingerprint density at radius 1 is 1.14 bits per heavy atom. The summed E-state index contributed by atoms with van der Waals surface area (Å²) >= 11 is 0. The first kappa shape index (κ1) is 12.8. The van der Waals surface area contributed by atoms with E-state index < -0.39 is 0 Å². The van der Waals surface area contributed by atoms with E-state index in [0.29, 0.717) is 24.0 Å². The number of aliphatic hydroxyl groups is 1. The van der Waals surface area contributed by atoms with Crippen LogP contribution in [-0.4, -0.2) is 19.9 Å². The van der Waals surface area contributed by atoms with Crippen LogP contribution in [0.2, 0.25) is 0 Å². The second-order valence-electron chi connectivity index (χ2n) is 4.87. The minimum absolute atomic E-state index is 0.130. The van der Waals surface area contributed by atoms with Gasteiger partial charge in [-0.1, -0.05) is 18.2 Å². The molecule has 3 aromatic heterocycles. The lowest BCUT2D eigenvalue weighted by Crippen LogP contribution is -2.01. The summed E-state index contributed by atoms with van der Waals surface area (Å²) in [6.07, 6.45) is 3.16. The molecule has 0 amide bonds. The molecule has 6 heteroatoms. The molecule has 0 aliphatic rings. The van der Waals surface area contributed by atoms with Crippen LogP contribution in [0.4, 0.5) is 0 Å². The first-order chi connectivity index (χ1) is 10.8. The lowest BCUT2D eigenvalue weighted by molar-refractivity contribution is 0.248. The normalized spacial score (nSPS) is 11.3. The number of hydrogen-bond acceptors (Lipinski definition) is 5. The Labute approximate surface area is 125 Å². The van der Waals surface area contributed by atoms with E-state index in [9.17, 15) is 0 Å². The Morgan fingerprint density at radius 3 is 2.82 bits per heavy atom. The molecule has 3 heterocycles. The van der Waals surface area contributed by atoms with Crippen LogP contribution < -0.4 is 0 Å². The smallest absolute Gasteiger partial charge is 0.215 e. The van der Waals surface area contributed by atoms with Crippen LogP contribution in [0.5, 0.6) is 0 Å². The average molecular weight is 295 g/mol. The Kier molecular flexibility index (Phi) is 3.01. The van der Waals surface area contributed by atoms with Crippen LogP contribution in [-0.2, 0) is 13.2 Å². The van der Waals surface area contributed by atoms with Gasteiger partial charge in [-0.15, -0.1) is 0 Å². The molecule has 0 saturated carbocycles. The van der Waals surface area contributed by atoms with Gasteiger partial charge in [-0.3, -0.25) is 4.68 Å². The van der Waals surface area contributed by atoms with Crippen LogP contribution in [0.1, 0.15) is 11.7 Å². The summed E-state index contributed by atoms with van der Waals surface area (Å²) in [6, 6.07) is 11.5. The zero-order valence-electron chi connectivity index (χ0n) is 11.6. The third kappa shape index (κ3) is 2.10. The molecule has 4 aromatic rings. The Balaban J connectivity index is 1.85. The van der Waals surface area contributed by atoms with Crippen molar-refractivity contribution < 1.29 is 13.9 Å². The van der Waals surface area contributed by atoms with Crippen LogP contribution in [0, 0.1) is 0 Å². The topological polar surface area (TPSA) is 77.2 Å². The summed E-state index contributed by atoms with van der Waals surface area (Å²) in [6.45, 7) is 0.316. The molecule has 0 atom stereocenters. The SMILES string of the molecule is OCc1ccc(-c2nn(Cc3ncco3)c3ccccc23)o1. The van der Waals surface area contributed by atoms with Gasteiger partial charge in [-0.05, 0) is 18.2 Å². The third-order valence-corrected chi connectivity index (χ3v) is 3.48. The van der Waals surface area contributed by atoms with Gasteiger partial charge in [0.2, 0.25) is 5.89 Å². The molecule has 0 unspecified atom stereocenters. The van der Waals surface area contributed by atoms with Crippen molar-refractivity contribution >= 4 is 10.9 Å². The van der Waals surface area contributed by atoms with Crippen molar-refractivity contribution in [3.63, 3.8) is 0 Å². The summed E-state index contributed by atoms with van der Waals surface area (Å²) in [7, 11) is 0. The number of nitrogens with zero attached hydrogens (tertiary/aromatic N) is 3. The molecular formula is C16H13N3O3. The Morgan fingerprint density at radius 2 is 2.05 bits per heavy atom. The van der Waals surface area contributed by atoms with Gasteiger partial charge in [0, 0.05) is 5.39 Å². The van der Waals surface area contributed by atoms with E-state index in [2.05, 4.69) is 10.1 Å². The van der Waals surface area contributed by atoms with Crippen molar-refractivity contribution in [3.8, 4) is 11.5 Å². The second-order valence-corrected chi connectivity index (χ2v) is 4.87. The van der Waals surface area contributed by atoms with Gasteiger partial charge in [0.05, 0.1) is 11.7 Å². The number of furan rings is 1. The first-order valence-corrected chi connectivity index (χ1v) is 6.89. The van der Waals surface area contributed by atoms with Crippen LogP contribution in [0.3, 0.4) is 0 Å². The fraction of sp³-hybridized carbons (Fsp3) is 0.125. The van der Waals surface area contributed by atoms with E-state index in [1.54, 1.807) is 18.5 Å². The summed E-state index contributed by atoms with van der Waals surface area (Å²) in [4.78, 5) is 4.13. The first-order valence-electron chi connectivity index (χ1n) is 6.89. The minimum atomic E-state index is -0.130. The highest BCUT2D eigenvalue weighted by Crippen LogP contribution is 2.29. The molecule has 6 nitrogen and oxygen atoms in total. The molecule has 0 spiro atoms. The van der Waals surface area contributed by atoms with E-state index in [0.717, 1.165) is 16.6 Å². The zero-order chi connectivity index (χ0) is 14.9. The van der Waals surface area contributed by atoms with Gasteiger partial charge in [0.25, 0.3) is 0 Å². The van der Waals surface area contributed by atoms with Crippen molar-refractivity contribution in [1.82, 2.24) is 14.8 Å². The second kappa shape index (κ2) is 5.16. The summed E-state index contributed by atoms with van der Waals surface area (Å²) in [5.41, 5.74) is 1.71. The van der Waals surface area contributed by atoms with Gasteiger partial charge < -0.3 is 13.9 Å². The molecule has 0 saturated heterocycles. The van der Waals surface area contributed by atoms with Crippen LogP contribution in [0.25, 0.3) is 22.4 Å². The quantitative estimate of drug-likeness (QED) is 0.626. The minimum Gasteiger partial charge on any atom is -0.457 e. The standard InChI is InChI=1S/C16H13N3O3/c20-10-11-5-6-14(22-11)16-12-3-1-2-4-13(12)19(18-16)9-15-17-7-8-21-15/h1-8,20H,9-10H2. The Bertz CT molecular complexity index is 906. The number of aliphatic hydroxyl groups excluding tert-OH is 1. The molecule has 22 heavy (non-hydrogen) atoms. The molecule has 110 valence electrons. The van der Waals surface area contributed by atoms with Crippen LogP contribution >= 0.6 is 0 Å². The van der Waals surface area contributed by atoms with E-state index >= 15 is 0 Å². The predicted octanol–water partition coefficient (Wildman–Crippen LogP) is 2.82. The average Bonchev–Trinajstić information content (AvgIpc) is 3.27. The molecule has 0 radical (unpaired) electrons. The van der Waals surface area contributed by atoms with E-state index in [1.165, 1.54) is 0 Å². The molecule has 0 aliphatic carbocycles. The molecule has 0 bridgehead atoms. The van der Waals surface area contributed by atoms with Gasteiger partial charge in [0.15, 0.2) is 5.76 Å². The number of oxazole rings is 1. The fourth-order valence-corrected chi connectivity index (χ4v) is 2.48. The van der Waals surface area contributed by atoms with E-state index in [-0.39, 0.29) is 6.61 Å². The highest BCUT2D eigenvalue weighted by atomic mass is 16.4. The number of benzene rings is 1. The van der Waals surface area contributed by atoms with Crippen molar-refractivity contribution in [3.05, 3.63) is 60.5 Å². The largest absolute Gasteiger partial charge is 0.457 e. The molecule has 0 fully saturated rings. The maximum absolute atomic E-state index is 9.15. The lowest BCUT2D eigenvalue weighted by Gasteiger charge is -1.98. The van der Waals surface area contributed by atoms with Gasteiger partial charge in [-0.2, -0.15) is 5.10 Å². The highest BCUT2D eigenvalue weighted by Gasteiger charge is 2.16. The summed E-state index contributed by atoms with van der Waals surface area (Å²) in [5.74, 6) is 1.74. The zero-order valence-corrected chi connectivity index (χ0v) is 11.6. The fourth-order valence-electron chi connectivity index (χ4n) is 2.48. The number of rotatable bonds is 4. The Hall–Kier alpha value is -2.86. The number of aromatic nitrogens is 3. The third-order valence-electron chi connectivity index (χ3n) is 3.48. The summed E-state index contributed by atoms with van der Waals surface area (Å²) < 4.78 is 12.7. The molecule has 1 aromatic carbocycles. The van der Waals surface area contributed by atoms with E-state index in [4.69, 9.17) is 13.9 Å². The highest BCUT2D eigenvalue weighted by molar-refractivity contribution is 5.92. The van der Waals surface area contributed by atoms with Crippen molar-refractivity contribution in [2.24, 2.45) is 0 Å². The molecule has 1 N–H and O–H groups in total. The van der Waals surface area contributed by atoms with Crippen molar-refractivity contribution in [2.45, 2.75) is 13.2 Å². The monoisotopic (exact) mass is 295 g/mol. The number of hydrogen-bond donors (Lipinski definition) is 1. The molecule has 0 aliphatic heterocycles.